The first-order valence-corrected chi connectivity index (χ1v) is 11.5. The molecule has 0 aliphatic rings. The Bertz CT molecular complexity index is 863. The first kappa shape index (κ1) is 20.4. The molecule has 0 saturated carbocycles. The highest BCUT2D eigenvalue weighted by Gasteiger charge is 2.17. The van der Waals surface area contributed by atoms with Crippen molar-refractivity contribution in [3.63, 3.8) is 0 Å². The van der Waals surface area contributed by atoms with Crippen molar-refractivity contribution in [2.24, 2.45) is 0 Å². The quantitative estimate of drug-likeness (QED) is 0.386. The molecular formula is C16H20N4O3S3. The van der Waals surface area contributed by atoms with Crippen LogP contribution in [0.15, 0.2) is 41.3 Å². The average Bonchev–Trinajstić information content (AvgIpc) is 3.04. The van der Waals surface area contributed by atoms with Crippen LogP contribution >= 0.6 is 23.1 Å². The van der Waals surface area contributed by atoms with E-state index in [0.29, 0.717) is 16.4 Å². The molecule has 0 aliphatic carbocycles. The fourth-order valence-corrected chi connectivity index (χ4v) is 4.56. The number of amides is 1. The Labute approximate surface area is 161 Å². The molecule has 1 aromatic carbocycles. The minimum absolute atomic E-state index is 0.160. The number of thioether (sulfide) groups is 1. The number of carbonyl (C=O) groups excluding carboxylic acids is 1. The first-order valence-electron chi connectivity index (χ1n) is 7.81. The Hall–Kier alpha value is -1.91. The van der Waals surface area contributed by atoms with E-state index in [4.69, 9.17) is 0 Å². The van der Waals surface area contributed by atoms with E-state index in [0.717, 1.165) is 22.8 Å². The van der Waals surface area contributed by atoms with Crippen LogP contribution in [0.5, 0.6) is 0 Å². The number of rotatable bonds is 9. The third-order valence-corrected chi connectivity index (χ3v) is 6.51. The molecule has 10 heteroatoms. The molecule has 0 bridgehead atoms. The number of hydrogen-bond acceptors (Lipinski definition) is 7. The second-order valence-corrected chi connectivity index (χ2v) is 9.53. The molecule has 0 atom stereocenters. The van der Waals surface area contributed by atoms with Crippen molar-refractivity contribution < 1.29 is 13.2 Å². The minimum Gasteiger partial charge on any atom is -0.296 e. The summed E-state index contributed by atoms with van der Waals surface area (Å²) < 4.78 is 25.7. The predicted molar refractivity (Wildman–Crippen MR) is 108 cm³/mol. The van der Waals surface area contributed by atoms with Gasteiger partial charge in [0.25, 0.3) is 5.91 Å². The number of sulfonamides is 1. The first-order chi connectivity index (χ1) is 12.3. The Morgan fingerprint density at radius 1 is 1.35 bits per heavy atom. The van der Waals surface area contributed by atoms with Gasteiger partial charge >= 0.3 is 0 Å². The SMILES string of the molecule is C=CCN(c1ccc(C(=O)Nc2nnc(SCCC)s2)cc1)S(C)(=O)=O. The van der Waals surface area contributed by atoms with Crippen LogP contribution in [0.4, 0.5) is 10.8 Å². The zero-order valence-corrected chi connectivity index (χ0v) is 17.0. The third kappa shape index (κ3) is 5.55. The zero-order valence-electron chi connectivity index (χ0n) is 14.5. The maximum absolute atomic E-state index is 12.3. The average molecular weight is 413 g/mol. The molecule has 0 fully saturated rings. The third-order valence-electron chi connectivity index (χ3n) is 3.17. The van der Waals surface area contributed by atoms with Crippen molar-refractivity contribution in [2.45, 2.75) is 17.7 Å². The van der Waals surface area contributed by atoms with Crippen LogP contribution in [0.3, 0.4) is 0 Å². The van der Waals surface area contributed by atoms with Gasteiger partial charge in [-0.25, -0.2) is 8.42 Å². The zero-order chi connectivity index (χ0) is 19.2. The number of carbonyl (C=O) groups is 1. The lowest BCUT2D eigenvalue weighted by Crippen LogP contribution is -2.29. The maximum atomic E-state index is 12.3. The van der Waals surface area contributed by atoms with Gasteiger partial charge in [0.1, 0.15) is 0 Å². The molecule has 0 radical (unpaired) electrons. The van der Waals surface area contributed by atoms with E-state index in [1.807, 2.05) is 0 Å². The number of benzene rings is 1. The van der Waals surface area contributed by atoms with E-state index in [-0.39, 0.29) is 12.5 Å². The lowest BCUT2D eigenvalue weighted by Gasteiger charge is -2.20. The van der Waals surface area contributed by atoms with Gasteiger partial charge in [0, 0.05) is 11.3 Å². The largest absolute Gasteiger partial charge is 0.296 e. The van der Waals surface area contributed by atoms with Gasteiger partial charge in [-0.1, -0.05) is 36.1 Å². The van der Waals surface area contributed by atoms with E-state index >= 15 is 0 Å². The highest BCUT2D eigenvalue weighted by Crippen LogP contribution is 2.26. The van der Waals surface area contributed by atoms with Crippen LogP contribution in [0.25, 0.3) is 0 Å². The topological polar surface area (TPSA) is 92.3 Å². The van der Waals surface area contributed by atoms with E-state index in [1.54, 1.807) is 36.0 Å². The fraction of sp³-hybridized carbons (Fsp3) is 0.312. The van der Waals surface area contributed by atoms with Crippen LogP contribution in [0, 0.1) is 0 Å². The molecule has 1 N–H and O–H groups in total. The van der Waals surface area contributed by atoms with Gasteiger partial charge < -0.3 is 0 Å². The van der Waals surface area contributed by atoms with Crippen LogP contribution < -0.4 is 9.62 Å². The van der Waals surface area contributed by atoms with Crippen LogP contribution in [0.2, 0.25) is 0 Å². The molecule has 140 valence electrons. The van der Waals surface area contributed by atoms with Crippen molar-refractivity contribution in [1.82, 2.24) is 10.2 Å². The molecule has 26 heavy (non-hydrogen) atoms. The Balaban J connectivity index is 2.08. The van der Waals surface area contributed by atoms with Crippen LogP contribution in [0.1, 0.15) is 23.7 Å². The number of nitrogens with one attached hydrogen (secondary N) is 1. The minimum atomic E-state index is -3.42. The molecule has 0 unspecified atom stereocenters. The van der Waals surface area contributed by atoms with Crippen molar-refractivity contribution in [1.29, 1.82) is 0 Å². The summed E-state index contributed by atoms with van der Waals surface area (Å²) in [6, 6.07) is 6.31. The smallest absolute Gasteiger partial charge is 0.257 e. The van der Waals surface area contributed by atoms with Gasteiger partial charge in [0.05, 0.1) is 18.5 Å². The van der Waals surface area contributed by atoms with E-state index < -0.39 is 10.0 Å². The number of aromatic nitrogens is 2. The lowest BCUT2D eigenvalue weighted by atomic mass is 10.2. The van der Waals surface area contributed by atoms with Gasteiger partial charge in [0.2, 0.25) is 15.2 Å². The van der Waals surface area contributed by atoms with Gasteiger partial charge in [-0.05, 0) is 30.7 Å². The van der Waals surface area contributed by atoms with Gasteiger partial charge in [-0.15, -0.1) is 16.8 Å². The van der Waals surface area contributed by atoms with Crippen LogP contribution in [-0.4, -0.2) is 43.1 Å². The maximum Gasteiger partial charge on any atom is 0.257 e. The summed E-state index contributed by atoms with van der Waals surface area (Å²) in [6.45, 7) is 5.81. The summed E-state index contributed by atoms with van der Waals surface area (Å²) in [4.78, 5) is 12.3. The molecule has 1 heterocycles. The Kier molecular flexibility index (Phi) is 7.18. The molecule has 0 saturated heterocycles. The van der Waals surface area contributed by atoms with E-state index in [2.05, 4.69) is 29.0 Å². The van der Waals surface area contributed by atoms with Crippen molar-refractivity contribution in [2.75, 3.05) is 28.2 Å². The summed E-state index contributed by atoms with van der Waals surface area (Å²) in [6.07, 6.45) is 3.67. The highest BCUT2D eigenvalue weighted by molar-refractivity contribution is 8.01. The lowest BCUT2D eigenvalue weighted by molar-refractivity contribution is 0.102. The van der Waals surface area contributed by atoms with Crippen molar-refractivity contribution >= 4 is 49.8 Å². The fourth-order valence-electron chi connectivity index (χ4n) is 2.01. The standard InChI is InChI=1S/C16H20N4O3S3/c1-4-10-20(26(3,22)23)13-8-6-12(7-9-13)14(21)17-15-18-19-16(25-15)24-11-5-2/h4,6-9H,1,5,10-11H2,2-3H3,(H,17,18,21). The molecule has 0 aliphatic heterocycles. The molecule has 1 amide bonds. The molecule has 7 nitrogen and oxygen atoms in total. The summed E-state index contributed by atoms with van der Waals surface area (Å²) in [7, 11) is -3.42. The number of hydrogen-bond donors (Lipinski definition) is 1. The van der Waals surface area contributed by atoms with Crippen molar-refractivity contribution in [3.8, 4) is 0 Å². The normalized spacial score (nSPS) is 11.2. The van der Waals surface area contributed by atoms with Gasteiger partial charge in [0.15, 0.2) is 4.34 Å². The molecule has 2 rings (SSSR count). The highest BCUT2D eigenvalue weighted by atomic mass is 32.2. The second-order valence-electron chi connectivity index (χ2n) is 5.31. The van der Waals surface area contributed by atoms with E-state index in [1.165, 1.54) is 21.7 Å². The van der Waals surface area contributed by atoms with Gasteiger partial charge in [-0.3, -0.25) is 14.4 Å². The van der Waals surface area contributed by atoms with Gasteiger partial charge in [-0.2, -0.15) is 0 Å². The summed E-state index contributed by atoms with van der Waals surface area (Å²) >= 11 is 2.92. The van der Waals surface area contributed by atoms with E-state index in [9.17, 15) is 13.2 Å². The van der Waals surface area contributed by atoms with Crippen molar-refractivity contribution in [3.05, 3.63) is 42.5 Å². The number of anilines is 2. The monoisotopic (exact) mass is 412 g/mol. The summed E-state index contributed by atoms with van der Waals surface area (Å²) in [5.74, 6) is 0.625. The summed E-state index contributed by atoms with van der Waals surface area (Å²) in [5, 5.41) is 11.1. The second kappa shape index (κ2) is 9.15. The van der Waals surface area contributed by atoms with Crippen LogP contribution in [-0.2, 0) is 10.0 Å². The molecular weight excluding hydrogens is 392 g/mol. The molecule has 2 aromatic rings. The predicted octanol–water partition coefficient (Wildman–Crippen LogP) is 3.24. The Morgan fingerprint density at radius 3 is 2.62 bits per heavy atom. The Morgan fingerprint density at radius 2 is 2.04 bits per heavy atom. The molecule has 1 aromatic heterocycles. The number of nitrogens with zero attached hydrogens (tertiary/aromatic N) is 3. The molecule has 0 spiro atoms. The summed E-state index contributed by atoms with van der Waals surface area (Å²) in [5.41, 5.74) is 0.872.